The standard InChI is InChI=1S/C17H25N3O4/c1-9-4-5-19(10(6-9)7-18)13(21)8-20-16(22)14-11-2-3-12(24-11)15(14)17(20)23/h9-12,14-15H,2-8,18H2,1H3. The smallest absolute Gasteiger partial charge is 0.243 e. The molecule has 3 amide bonds. The number of piperidine rings is 1. The number of likely N-dealkylation sites (tertiary alicyclic amines) is 2. The van der Waals surface area contributed by atoms with Crippen molar-refractivity contribution in [2.75, 3.05) is 19.6 Å². The second-order valence-corrected chi connectivity index (χ2v) is 7.71. The Labute approximate surface area is 141 Å². The lowest BCUT2D eigenvalue weighted by atomic mass is 9.81. The molecule has 24 heavy (non-hydrogen) atoms. The Balaban J connectivity index is 1.46. The topological polar surface area (TPSA) is 92.9 Å². The van der Waals surface area contributed by atoms with Crippen LogP contribution in [0.5, 0.6) is 0 Å². The molecule has 0 aromatic rings. The monoisotopic (exact) mass is 335 g/mol. The highest BCUT2D eigenvalue weighted by molar-refractivity contribution is 6.08. The average Bonchev–Trinajstić information content (AvgIpc) is 3.24. The van der Waals surface area contributed by atoms with E-state index in [1.807, 2.05) is 0 Å². The Morgan fingerprint density at radius 3 is 2.38 bits per heavy atom. The molecule has 6 atom stereocenters. The highest BCUT2D eigenvalue weighted by Crippen LogP contribution is 2.48. The van der Waals surface area contributed by atoms with Gasteiger partial charge in [0.05, 0.1) is 24.0 Å². The van der Waals surface area contributed by atoms with Crippen molar-refractivity contribution in [1.82, 2.24) is 9.80 Å². The van der Waals surface area contributed by atoms with Gasteiger partial charge in [-0.1, -0.05) is 6.92 Å². The van der Waals surface area contributed by atoms with Crippen LogP contribution in [0.15, 0.2) is 0 Å². The lowest BCUT2D eigenvalue weighted by Gasteiger charge is -2.38. The van der Waals surface area contributed by atoms with E-state index < -0.39 is 0 Å². The number of fused-ring (bicyclic) bond motifs is 5. The van der Waals surface area contributed by atoms with Crippen molar-refractivity contribution in [3.05, 3.63) is 0 Å². The third kappa shape index (κ3) is 2.29. The molecule has 0 saturated carbocycles. The van der Waals surface area contributed by atoms with Crippen LogP contribution in [0, 0.1) is 17.8 Å². The summed E-state index contributed by atoms with van der Waals surface area (Å²) in [6.45, 7) is 3.09. The number of amides is 3. The minimum absolute atomic E-state index is 0.00747. The molecule has 4 rings (SSSR count). The molecule has 4 saturated heterocycles. The van der Waals surface area contributed by atoms with Gasteiger partial charge in [-0.15, -0.1) is 0 Å². The summed E-state index contributed by atoms with van der Waals surface area (Å²) in [5.41, 5.74) is 5.82. The van der Waals surface area contributed by atoms with Gasteiger partial charge in [0.25, 0.3) is 0 Å². The first kappa shape index (κ1) is 16.0. The zero-order valence-electron chi connectivity index (χ0n) is 14.0. The number of carbonyl (C=O) groups excluding carboxylic acids is 3. The van der Waals surface area contributed by atoms with Crippen molar-refractivity contribution >= 4 is 17.7 Å². The molecule has 0 aromatic heterocycles. The van der Waals surface area contributed by atoms with Crippen molar-refractivity contribution in [1.29, 1.82) is 0 Å². The number of ether oxygens (including phenoxy) is 1. The maximum atomic E-state index is 12.7. The summed E-state index contributed by atoms with van der Waals surface area (Å²) < 4.78 is 5.72. The van der Waals surface area contributed by atoms with E-state index in [1.165, 1.54) is 4.90 Å². The molecule has 7 heteroatoms. The third-order valence-electron chi connectivity index (χ3n) is 6.24. The molecule has 0 spiro atoms. The predicted octanol–water partition coefficient (Wildman–Crippen LogP) is -0.265. The normalized spacial score (nSPS) is 41.2. The van der Waals surface area contributed by atoms with E-state index in [0.717, 1.165) is 25.7 Å². The Kier molecular flexibility index (Phi) is 3.88. The van der Waals surface area contributed by atoms with Crippen LogP contribution < -0.4 is 5.73 Å². The summed E-state index contributed by atoms with van der Waals surface area (Å²) in [5, 5.41) is 0. The molecule has 0 aromatic carbocycles. The fourth-order valence-electron chi connectivity index (χ4n) is 4.96. The van der Waals surface area contributed by atoms with Gasteiger partial charge < -0.3 is 15.4 Å². The zero-order chi connectivity index (χ0) is 17.0. The van der Waals surface area contributed by atoms with Gasteiger partial charge in [0.2, 0.25) is 17.7 Å². The first-order chi connectivity index (χ1) is 11.5. The number of nitrogens with zero attached hydrogens (tertiary/aromatic N) is 2. The summed E-state index contributed by atoms with van der Waals surface area (Å²) in [6.07, 6.45) is 3.23. The second-order valence-electron chi connectivity index (χ2n) is 7.71. The van der Waals surface area contributed by atoms with Crippen LogP contribution in [0.1, 0.15) is 32.6 Å². The summed E-state index contributed by atoms with van der Waals surface area (Å²) in [6, 6.07) is 0.00747. The van der Waals surface area contributed by atoms with Crippen molar-refractivity contribution in [3.63, 3.8) is 0 Å². The number of nitrogens with two attached hydrogens (primary N) is 1. The van der Waals surface area contributed by atoms with E-state index in [-0.39, 0.29) is 54.4 Å². The third-order valence-corrected chi connectivity index (χ3v) is 6.24. The largest absolute Gasteiger partial charge is 0.373 e. The van der Waals surface area contributed by atoms with Crippen molar-refractivity contribution in [2.24, 2.45) is 23.5 Å². The predicted molar refractivity (Wildman–Crippen MR) is 84.5 cm³/mol. The minimum Gasteiger partial charge on any atom is -0.373 e. The minimum atomic E-state index is -0.365. The maximum Gasteiger partial charge on any atom is 0.243 e. The van der Waals surface area contributed by atoms with Crippen molar-refractivity contribution < 1.29 is 19.1 Å². The molecule has 4 aliphatic rings. The van der Waals surface area contributed by atoms with Crippen LogP contribution in [0.25, 0.3) is 0 Å². The lowest BCUT2D eigenvalue weighted by molar-refractivity contribution is -0.150. The summed E-state index contributed by atoms with van der Waals surface area (Å²) in [5.74, 6) is -0.788. The van der Waals surface area contributed by atoms with Crippen LogP contribution >= 0.6 is 0 Å². The molecule has 4 heterocycles. The highest BCUT2D eigenvalue weighted by atomic mass is 16.5. The molecule has 4 fully saturated rings. The van der Waals surface area contributed by atoms with E-state index >= 15 is 0 Å². The number of rotatable bonds is 3. The highest BCUT2D eigenvalue weighted by Gasteiger charge is 2.62. The van der Waals surface area contributed by atoms with E-state index in [2.05, 4.69) is 6.92 Å². The Morgan fingerprint density at radius 2 is 1.79 bits per heavy atom. The molecule has 132 valence electrons. The molecule has 0 aliphatic carbocycles. The van der Waals surface area contributed by atoms with Crippen molar-refractivity contribution in [3.8, 4) is 0 Å². The van der Waals surface area contributed by atoms with Crippen LogP contribution in [0.2, 0.25) is 0 Å². The van der Waals surface area contributed by atoms with Gasteiger partial charge in [0.1, 0.15) is 6.54 Å². The van der Waals surface area contributed by atoms with Crippen LogP contribution in [-0.4, -0.2) is 65.4 Å². The fraction of sp³-hybridized carbons (Fsp3) is 0.824. The zero-order valence-corrected chi connectivity index (χ0v) is 14.0. The molecule has 2 N–H and O–H groups in total. The maximum absolute atomic E-state index is 12.7. The molecular formula is C17H25N3O4. The Hall–Kier alpha value is -1.47. The van der Waals surface area contributed by atoms with E-state index in [4.69, 9.17) is 10.5 Å². The molecule has 6 unspecified atom stereocenters. The molecular weight excluding hydrogens is 310 g/mol. The van der Waals surface area contributed by atoms with Crippen molar-refractivity contribution in [2.45, 2.75) is 50.9 Å². The van der Waals surface area contributed by atoms with E-state index in [1.54, 1.807) is 4.90 Å². The fourth-order valence-corrected chi connectivity index (χ4v) is 4.96. The first-order valence-electron chi connectivity index (χ1n) is 9.01. The Morgan fingerprint density at radius 1 is 1.17 bits per heavy atom. The molecule has 0 radical (unpaired) electrons. The van der Waals surface area contributed by atoms with E-state index in [9.17, 15) is 14.4 Å². The van der Waals surface area contributed by atoms with Crippen LogP contribution in [0.3, 0.4) is 0 Å². The summed E-state index contributed by atoms with van der Waals surface area (Å²) >= 11 is 0. The van der Waals surface area contributed by atoms with Gasteiger partial charge in [0.15, 0.2) is 0 Å². The quantitative estimate of drug-likeness (QED) is 0.717. The number of imide groups is 1. The van der Waals surface area contributed by atoms with Gasteiger partial charge >= 0.3 is 0 Å². The van der Waals surface area contributed by atoms with Gasteiger partial charge in [-0.2, -0.15) is 0 Å². The summed E-state index contributed by atoms with van der Waals surface area (Å²) in [4.78, 5) is 40.9. The first-order valence-corrected chi connectivity index (χ1v) is 9.01. The van der Waals surface area contributed by atoms with Gasteiger partial charge in [0, 0.05) is 19.1 Å². The summed E-state index contributed by atoms with van der Waals surface area (Å²) in [7, 11) is 0. The number of hydrogen-bond acceptors (Lipinski definition) is 5. The van der Waals surface area contributed by atoms with Gasteiger partial charge in [-0.3, -0.25) is 19.3 Å². The SMILES string of the molecule is CC1CCN(C(=O)CN2C(=O)C3C4CCC(O4)C3C2=O)C(CN)C1. The Bertz CT molecular complexity index is 552. The van der Waals surface area contributed by atoms with Crippen LogP contribution in [-0.2, 0) is 19.1 Å². The van der Waals surface area contributed by atoms with Gasteiger partial charge in [-0.25, -0.2) is 0 Å². The second kappa shape index (κ2) is 5.81. The molecule has 4 aliphatic heterocycles. The average molecular weight is 335 g/mol. The lowest BCUT2D eigenvalue weighted by Crippen LogP contribution is -2.53. The number of hydrogen-bond donors (Lipinski definition) is 1. The molecule has 2 bridgehead atoms. The number of carbonyl (C=O) groups is 3. The van der Waals surface area contributed by atoms with Gasteiger partial charge in [-0.05, 0) is 31.6 Å². The van der Waals surface area contributed by atoms with E-state index in [0.29, 0.717) is 19.0 Å². The van der Waals surface area contributed by atoms with Crippen LogP contribution in [0.4, 0.5) is 0 Å². The molecule has 7 nitrogen and oxygen atoms in total.